The summed E-state index contributed by atoms with van der Waals surface area (Å²) in [5, 5.41) is 27.2. The summed E-state index contributed by atoms with van der Waals surface area (Å²) in [4.78, 5) is 0. The first-order chi connectivity index (χ1) is 11.5. The number of allylic oxidation sites excluding steroid dienone is 2. The number of nitrogens with two attached hydrogens (primary N) is 1. The van der Waals surface area contributed by atoms with E-state index in [1.54, 1.807) is 18.2 Å². The van der Waals surface area contributed by atoms with Gasteiger partial charge in [-0.2, -0.15) is 15.8 Å². The first-order valence-electron chi connectivity index (χ1n) is 8.14. The number of hydrogen-bond acceptors (Lipinski definition) is 4. The molecule has 1 aliphatic rings. The first-order valence-corrected chi connectivity index (χ1v) is 8.14. The summed E-state index contributed by atoms with van der Waals surface area (Å²) in [7, 11) is 0. The van der Waals surface area contributed by atoms with E-state index in [1.165, 1.54) is 32.1 Å². The molecule has 1 aromatic heterocycles. The fraction of sp³-hybridized carbons (Fsp3) is 0.421. The van der Waals surface area contributed by atoms with Crippen LogP contribution in [0.2, 0.25) is 0 Å². The van der Waals surface area contributed by atoms with Crippen molar-refractivity contribution in [3.05, 3.63) is 39.9 Å². The minimum Gasteiger partial charge on any atom is -0.396 e. The van der Waals surface area contributed by atoms with E-state index in [0.717, 1.165) is 17.0 Å². The van der Waals surface area contributed by atoms with Crippen LogP contribution in [0.3, 0.4) is 0 Å². The van der Waals surface area contributed by atoms with E-state index < -0.39 is 0 Å². The third-order valence-electron chi connectivity index (χ3n) is 4.67. The summed E-state index contributed by atoms with van der Waals surface area (Å²) in [6, 6.07) is 8.01. The van der Waals surface area contributed by atoms with Crippen LogP contribution in [0.4, 0.5) is 0 Å². The summed E-state index contributed by atoms with van der Waals surface area (Å²) in [6.45, 7) is 4.11. The van der Waals surface area contributed by atoms with Crippen molar-refractivity contribution >= 4 is 6.08 Å². The Kier molecular flexibility index (Phi) is 5.46. The molecule has 0 radical (unpaired) electrons. The maximum absolute atomic E-state index is 9.36. The van der Waals surface area contributed by atoms with Gasteiger partial charge in [0.2, 0.25) is 0 Å². The summed E-state index contributed by atoms with van der Waals surface area (Å²) in [5.41, 5.74) is 8.83. The van der Waals surface area contributed by atoms with Gasteiger partial charge in [-0.1, -0.05) is 19.3 Å². The smallest absolute Gasteiger partial charge is 0.153 e. The summed E-state index contributed by atoms with van der Waals surface area (Å²) >= 11 is 0. The lowest BCUT2D eigenvalue weighted by molar-refractivity contribution is 0.346. The van der Waals surface area contributed by atoms with E-state index in [1.807, 2.05) is 19.1 Å². The van der Waals surface area contributed by atoms with Crippen molar-refractivity contribution in [2.75, 3.05) is 0 Å². The lowest BCUT2D eigenvalue weighted by Gasteiger charge is -2.26. The molecule has 0 aromatic carbocycles. The zero-order chi connectivity index (χ0) is 17.7. The van der Waals surface area contributed by atoms with Crippen molar-refractivity contribution in [3.8, 4) is 18.2 Å². The number of nitrogens with zero attached hydrogens (tertiary/aromatic N) is 4. The van der Waals surface area contributed by atoms with Crippen molar-refractivity contribution in [1.82, 2.24) is 4.57 Å². The van der Waals surface area contributed by atoms with E-state index in [9.17, 15) is 5.26 Å². The number of hydrogen-bond donors (Lipinski definition) is 1. The van der Waals surface area contributed by atoms with E-state index in [-0.39, 0.29) is 16.8 Å². The van der Waals surface area contributed by atoms with Crippen molar-refractivity contribution in [2.45, 2.75) is 52.0 Å². The molecule has 5 heteroatoms. The highest BCUT2D eigenvalue weighted by Gasteiger charge is 2.20. The minimum absolute atomic E-state index is 0.0648. The Bertz CT molecular complexity index is 796. The Hall–Kier alpha value is -2.97. The molecule has 1 fully saturated rings. The standard InChI is InChI=1S/C19H21N5/c1-13-8-15(9-16(10-20)19(23)17(11-21)12-22)14(2)24(13)18-6-4-3-5-7-18/h8-9,18H,3-7,23H2,1-2H3. The Morgan fingerprint density at radius 1 is 1.12 bits per heavy atom. The highest BCUT2D eigenvalue weighted by atomic mass is 15.0. The average Bonchev–Trinajstić information content (AvgIpc) is 2.88. The molecule has 2 rings (SSSR count). The highest BCUT2D eigenvalue weighted by Crippen LogP contribution is 2.32. The second kappa shape index (κ2) is 7.53. The molecule has 0 saturated heterocycles. The molecule has 1 aromatic rings. The van der Waals surface area contributed by atoms with Gasteiger partial charge in [-0.3, -0.25) is 0 Å². The van der Waals surface area contributed by atoms with Gasteiger partial charge in [-0.05, 0) is 44.4 Å². The molecular formula is C19H21N5. The van der Waals surface area contributed by atoms with Gasteiger partial charge in [0.25, 0.3) is 0 Å². The van der Waals surface area contributed by atoms with Crippen molar-refractivity contribution in [1.29, 1.82) is 15.8 Å². The average molecular weight is 319 g/mol. The lowest BCUT2D eigenvalue weighted by Crippen LogP contribution is -2.15. The van der Waals surface area contributed by atoms with Gasteiger partial charge in [0.15, 0.2) is 5.57 Å². The monoisotopic (exact) mass is 319 g/mol. The largest absolute Gasteiger partial charge is 0.396 e. The van der Waals surface area contributed by atoms with Crippen LogP contribution >= 0.6 is 0 Å². The Balaban J connectivity index is 2.47. The zero-order valence-corrected chi connectivity index (χ0v) is 14.1. The van der Waals surface area contributed by atoms with E-state index in [0.29, 0.717) is 6.04 Å². The molecule has 0 bridgehead atoms. The molecule has 1 aliphatic carbocycles. The number of rotatable bonds is 3. The Morgan fingerprint density at radius 3 is 2.29 bits per heavy atom. The van der Waals surface area contributed by atoms with Crippen LogP contribution < -0.4 is 5.73 Å². The number of aryl methyl sites for hydroxylation is 1. The first kappa shape index (κ1) is 17.4. The third kappa shape index (κ3) is 3.34. The molecule has 24 heavy (non-hydrogen) atoms. The quantitative estimate of drug-likeness (QED) is 0.676. The maximum atomic E-state index is 9.36. The van der Waals surface area contributed by atoms with E-state index in [2.05, 4.69) is 11.5 Å². The second-order valence-electron chi connectivity index (χ2n) is 6.17. The lowest BCUT2D eigenvalue weighted by atomic mass is 9.95. The predicted molar refractivity (Wildman–Crippen MR) is 92.1 cm³/mol. The summed E-state index contributed by atoms with van der Waals surface area (Å²) in [5.74, 6) is 0. The third-order valence-corrected chi connectivity index (χ3v) is 4.67. The molecule has 0 aliphatic heterocycles. The van der Waals surface area contributed by atoms with Crippen LogP contribution in [0.25, 0.3) is 6.08 Å². The van der Waals surface area contributed by atoms with E-state index in [4.69, 9.17) is 16.3 Å². The molecule has 122 valence electrons. The normalized spacial score (nSPS) is 15.2. The molecule has 0 atom stereocenters. The van der Waals surface area contributed by atoms with Crippen molar-refractivity contribution in [2.24, 2.45) is 5.73 Å². The molecule has 1 heterocycles. The second-order valence-corrected chi connectivity index (χ2v) is 6.17. The van der Waals surface area contributed by atoms with Gasteiger partial charge in [0, 0.05) is 17.4 Å². The molecule has 0 unspecified atom stereocenters. The summed E-state index contributed by atoms with van der Waals surface area (Å²) in [6.07, 6.45) is 7.83. The van der Waals surface area contributed by atoms with Crippen LogP contribution in [-0.4, -0.2) is 4.57 Å². The van der Waals surface area contributed by atoms with Crippen molar-refractivity contribution < 1.29 is 0 Å². The fourth-order valence-electron chi connectivity index (χ4n) is 3.46. The van der Waals surface area contributed by atoms with Crippen LogP contribution in [0.15, 0.2) is 22.9 Å². The molecule has 1 saturated carbocycles. The van der Waals surface area contributed by atoms with E-state index >= 15 is 0 Å². The van der Waals surface area contributed by atoms with Gasteiger partial charge < -0.3 is 10.3 Å². The molecule has 2 N–H and O–H groups in total. The fourth-order valence-corrected chi connectivity index (χ4v) is 3.46. The van der Waals surface area contributed by atoms with Gasteiger partial charge in [-0.15, -0.1) is 0 Å². The zero-order valence-electron chi connectivity index (χ0n) is 14.1. The van der Waals surface area contributed by atoms with Crippen LogP contribution in [0, 0.1) is 47.8 Å². The van der Waals surface area contributed by atoms with Gasteiger partial charge >= 0.3 is 0 Å². The van der Waals surface area contributed by atoms with Gasteiger partial charge in [0.1, 0.15) is 18.2 Å². The number of nitriles is 3. The van der Waals surface area contributed by atoms with Crippen LogP contribution in [0.5, 0.6) is 0 Å². The summed E-state index contributed by atoms with van der Waals surface area (Å²) < 4.78 is 2.34. The maximum Gasteiger partial charge on any atom is 0.153 e. The molecule has 5 nitrogen and oxygen atoms in total. The molecule has 0 spiro atoms. The molecular weight excluding hydrogens is 298 g/mol. The van der Waals surface area contributed by atoms with Gasteiger partial charge in [0.05, 0.1) is 11.3 Å². The minimum atomic E-state index is -0.233. The molecule has 0 amide bonds. The van der Waals surface area contributed by atoms with Crippen LogP contribution in [-0.2, 0) is 0 Å². The topological polar surface area (TPSA) is 102 Å². The SMILES string of the molecule is Cc1cc(C=C(C#N)C(N)=C(C#N)C#N)c(C)n1C1CCCCC1. The predicted octanol–water partition coefficient (Wildman–Crippen LogP) is 3.78. The van der Waals surface area contributed by atoms with Gasteiger partial charge in [-0.25, -0.2) is 0 Å². The Morgan fingerprint density at radius 2 is 1.75 bits per heavy atom. The Labute approximate surface area is 142 Å². The van der Waals surface area contributed by atoms with Crippen molar-refractivity contribution in [3.63, 3.8) is 0 Å². The highest BCUT2D eigenvalue weighted by molar-refractivity contribution is 5.67. The number of aromatic nitrogens is 1. The van der Waals surface area contributed by atoms with Crippen LogP contribution in [0.1, 0.15) is 55.1 Å².